The van der Waals surface area contributed by atoms with E-state index in [4.69, 9.17) is 10.5 Å². The van der Waals surface area contributed by atoms with E-state index >= 15 is 0 Å². The van der Waals surface area contributed by atoms with Crippen LogP contribution in [-0.4, -0.2) is 16.6 Å². The minimum Gasteiger partial charge on any atom is -0.383 e. The monoisotopic (exact) mass is 277 g/mol. The third kappa shape index (κ3) is 2.44. The normalized spacial score (nSPS) is 14.8. The van der Waals surface area contributed by atoms with Crippen LogP contribution in [0.5, 0.6) is 0 Å². The Morgan fingerprint density at radius 1 is 1.26 bits per heavy atom. The van der Waals surface area contributed by atoms with Gasteiger partial charge in [0.15, 0.2) is 5.82 Å². The average Bonchev–Trinajstić information content (AvgIpc) is 2.77. The highest BCUT2D eigenvalue weighted by atomic mass is 32.1. The molecular formula is C14H19N3OS. The third-order valence-electron chi connectivity index (χ3n) is 3.47. The van der Waals surface area contributed by atoms with E-state index in [1.54, 1.807) is 11.3 Å². The molecule has 0 aromatic carbocycles. The van der Waals surface area contributed by atoms with Crippen LogP contribution < -0.4 is 5.73 Å². The molecule has 2 aromatic rings. The second kappa shape index (κ2) is 5.43. The van der Waals surface area contributed by atoms with Gasteiger partial charge in [-0.25, -0.2) is 9.97 Å². The Morgan fingerprint density at radius 3 is 2.95 bits per heavy atom. The molecule has 0 saturated heterocycles. The molecule has 4 nitrogen and oxygen atoms in total. The van der Waals surface area contributed by atoms with Gasteiger partial charge < -0.3 is 10.5 Å². The number of thiophene rings is 1. The van der Waals surface area contributed by atoms with Crippen molar-refractivity contribution in [2.45, 2.75) is 45.6 Å². The van der Waals surface area contributed by atoms with Gasteiger partial charge in [-0.3, -0.25) is 0 Å². The van der Waals surface area contributed by atoms with Gasteiger partial charge >= 0.3 is 0 Å². The van der Waals surface area contributed by atoms with Gasteiger partial charge in [0.1, 0.15) is 17.3 Å². The van der Waals surface area contributed by atoms with E-state index in [-0.39, 0.29) is 0 Å². The fourth-order valence-electron chi connectivity index (χ4n) is 2.60. The summed E-state index contributed by atoms with van der Waals surface area (Å²) in [6.07, 6.45) is 5.82. The number of nitrogens with two attached hydrogens (primary N) is 1. The van der Waals surface area contributed by atoms with Crippen molar-refractivity contribution in [3.05, 3.63) is 16.3 Å². The molecule has 0 atom stereocenters. The summed E-state index contributed by atoms with van der Waals surface area (Å²) in [7, 11) is 0. The number of aromatic nitrogens is 2. The van der Waals surface area contributed by atoms with Gasteiger partial charge in [-0.1, -0.05) is 6.92 Å². The Labute approximate surface area is 117 Å². The van der Waals surface area contributed by atoms with E-state index in [2.05, 4.69) is 16.9 Å². The van der Waals surface area contributed by atoms with Crippen LogP contribution in [0.3, 0.4) is 0 Å². The Kier molecular flexibility index (Phi) is 3.66. The molecule has 0 unspecified atom stereocenters. The summed E-state index contributed by atoms with van der Waals surface area (Å²) in [5.74, 6) is 1.33. The summed E-state index contributed by atoms with van der Waals surface area (Å²) < 4.78 is 5.50. The van der Waals surface area contributed by atoms with E-state index in [1.807, 2.05) is 0 Å². The maximum atomic E-state index is 6.13. The largest absolute Gasteiger partial charge is 0.383 e. The van der Waals surface area contributed by atoms with E-state index in [0.29, 0.717) is 18.2 Å². The predicted molar refractivity (Wildman–Crippen MR) is 78.4 cm³/mol. The molecule has 3 rings (SSSR count). The van der Waals surface area contributed by atoms with Crippen molar-refractivity contribution in [3.63, 3.8) is 0 Å². The Hall–Kier alpha value is -1.20. The summed E-state index contributed by atoms with van der Waals surface area (Å²) in [5.41, 5.74) is 7.52. The quantitative estimate of drug-likeness (QED) is 0.872. The molecule has 1 aliphatic rings. The van der Waals surface area contributed by atoms with Crippen LogP contribution in [0.25, 0.3) is 10.2 Å². The van der Waals surface area contributed by atoms with Crippen molar-refractivity contribution in [2.24, 2.45) is 0 Å². The van der Waals surface area contributed by atoms with Crippen molar-refractivity contribution in [1.82, 2.24) is 9.97 Å². The first kappa shape index (κ1) is 12.8. The lowest BCUT2D eigenvalue weighted by atomic mass is 9.97. The van der Waals surface area contributed by atoms with Crippen LogP contribution in [0.1, 0.15) is 42.5 Å². The molecular weight excluding hydrogens is 258 g/mol. The van der Waals surface area contributed by atoms with E-state index in [0.717, 1.165) is 36.1 Å². The van der Waals surface area contributed by atoms with Gasteiger partial charge in [-0.15, -0.1) is 11.3 Å². The molecule has 102 valence electrons. The van der Waals surface area contributed by atoms with Gasteiger partial charge in [0.25, 0.3) is 0 Å². The van der Waals surface area contributed by atoms with E-state index in [9.17, 15) is 0 Å². The minimum atomic E-state index is 0.455. The smallest absolute Gasteiger partial charge is 0.158 e. The highest BCUT2D eigenvalue weighted by Gasteiger charge is 2.19. The number of ether oxygens (including phenoxy) is 1. The number of hydrogen-bond acceptors (Lipinski definition) is 5. The van der Waals surface area contributed by atoms with Crippen LogP contribution in [0.4, 0.5) is 5.82 Å². The number of fused-ring (bicyclic) bond motifs is 3. The number of rotatable bonds is 4. The lowest BCUT2D eigenvalue weighted by molar-refractivity contribution is 0.116. The molecule has 1 aliphatic carbocycles. The number of nitrogen functional groups attached to an aromatic ring is 1. The highest BCUT2D eigenvalue weighted by Crippen LogP contribution is 2.37. The molecule has 0 amide bonds. The van der Waals surface area contributed by atoms with Crippen molar-refractivity contribution in [3.8, 4) is 0 Å². The third-order valence-corrected chi connectivity index (χ3v) is 4.65. The lowest BCUT2D eigenvalue weighted by Gasteiger charge is -2.10. The van der Waals surface area contributed by atoms with Gasteiger partial charge in [0, 0.05) is 11.5 Å². The molecule has 5 heteroatoms. The predicted octanol–water partition coefficient (Wildman–Crippen LogP) is 3.08. The van der Waals surface area contributed by atoms with Crippen molar-refractivity contribution < 1.29 is 4.74 Å². The Bertz CT molecular complexity index is 594. The first-order valence-electron chi connectivity index (χ1n) is 6.94. The van der Waals surface area contributed by atoms with Gasteiger partial charge in [0.2, 0.25) is 0 Å². The molecule has 0 saturated carbocycles. The summed E-state index contributed by atoms with van der Waals surface area (Å²) in [6, 6.07) is 0. The van der Waals surface area contributed by atoms with Crippen molar-refractivity contribution in [2.75, 3.05) is 12.3 Å². The number of aryl methyl sites for hydroxylation is 2. The van der Waals surface area contributed by atoms with Crippen LogP contribution in [0, 0.1) is 0 Å². The van der Waals surface area contributed by atoms with Crippen LogP contribution >= 0.6 is 11.3 Å². The average molecular weight is 277 g/mol. The molecule has 0 radical (unpaired) electrons. The number of hydrogen-bond donors (Lipinski definition) is 1. The standard InChI is InChI=1S/C14H19N3OS/c1-2-7-18-8-11-16-13(15)12-9-5-3-4-6-10(9)19-14(12)17-11/h2-8H2,1H3,(H2,15,16,17). The second-order valence-electron chi connectivity index (χ2n) is 4.97. The first-order valence-corrected chi connectivity index (χ1v) is 7.75. The zero-order valence-electron chi connectivity index (χ0n) is 11.2. The SMILES string of the molecule is CCCOCc1nc(N)c2c3c(sc2n1)CCCC3. The number of nitrogens with zero attached hydrogens (tertiary/aromatic N) is 2. The van der Waals surface area contributed by atoms with Gasteiger partial charge in [0.05, 0.1) is 5.39 Å². The summed E-state index contributed by atoms with van der Waals surface area (Å²) in [5, 5.41) is 1.10. The molecule has 0 spiro atoms. The number of anilines is 1. The Morgan fingerprint density at radius 2 is 2.11 bits per heavy atom. The molecule has 0 aliphatic heterocycles. The van der Waals surface area contributed by atoms with Crippen molar-refractivity contribution in [1.29, 1.82) is 0 Å². The zero-order valence-corrected chi connectivity index (χ0v) is 12.1. The first-order chi connectivity index (χ1) is 9.29. The van der Waals surface area contributed by atoms with Gasteiger partial charge in [-0.2, -0.15) is 0 Å². The van der Waals surface area contributed by atoms with Crippen LogP contribution in [0.15, 0.2) is 0 Å². The summed E-state index contributed by atoms with van der Waals surface area (Å²) in [6.45, 7) is 3.28. The van der Waals surface area contributed by atoms with Crippen LogP contribution in [0.2, 0.25) is 0 Å². The maximum absolute atomic E-state index is 6.13. The molecule has 19 heavy (non-hydrogen) atoms. The minimum absolute atomic E-state index is 0.455. The Balaban J connectivity index is 1.97. The summed E-state index contributed by atoms with van der Waals surface area (Å²) in [4.78, 5) is 11.5. The fourth-order valence-corrected chi connectivity index (χ4v) is 3.89. The molecule has 2 aromatic heterocycles. The van der Waals surface area contributed by atoms with Gasteiger partial charge in [-0.05, 0) is 37.7 Å². The molecule has 2 heterocycles. The maximum Gasteiger partial charge on any atom is 0.158 e. The van der Waals surface area contributed by atoms with E-state index < -0.39 is 0 Å². The molecule has 0 fully saturated rings. The van der Waals surface area contributed by atoms with Crippen LogP contribution in [-0.2, 0) is 24.2 Å². The summed E-state index contributed by atoms with van der Waals surface area (Å²) >= 11 is 1.78. The highest BCUT2D eigenvalue weighted by molar-refractivity contribution is 7.19. The fraction of sp³-hybridized carbons (Fsp3) is 0.571. The zero-order chi connectivity index (χ0) is 13.2. The van der Waals surface area contributed by atoms with E-state index in [1.165, 1.54) is 23.3 Å². The van der Waals surface area contributed by atoms with Crippen molar-refractivity contribution >= 4 is 27.4 Å². The lowest BCUT2D eigenvalue weighted by Crippen LogP contribution is -2.04. The second-order valence-corrected chi connectivity index (χ2v) is 6.05. The topological polar surface area (TPSA) is 61.0 Å². The molecule has 0 bridgehead atoms. The molecule has 2 N–H and O–H groups in total.